The molecule has 0 aliphatic carbocycles. The molecule has 6 heteroatoms. The molecular formula is C66H112O6. The molecule has 1 atom stereocenters. The zero-order valence-electron chi connectivity index (χ0n) is 47.2. The molecule has 0 bridgehead atoms. The van der Waals surface area contributed by atoms with E-state index in [1.807, 2.05) is 6.08 Å². The Labute approximate surface area is 445 Å². The third kappa shape index (κ3) is 57.2. The lowest BCUT2D eigenvalue weighted by molar-refractivity contribution is -0.166. The summed E-state index contributed by atoms with van der Waals surface area (Å²) in [5.74, 6) is -1.00. The first-order valence-corrected chi connectivity index (χ1v) is 30.2. The molecule has 0 heterocycles. The van der Waals surface area contributed by atoms with E-state index in [-0.39, 0.29) is 37.5 Å². The SMILES string of the molecule is CC/C=C\C/C=C\C/C=C\C/C=C\CCC(=O)OCC(COC(=O)CCCCCCCCCCCCCCC/C=C\C/C=C\CCCCCCC)OC(=O)CCCCCCC/C=C\C/C=C\CCCCCC. The number of carbonyl (C=O) groups is 3. The minimum absolute atomic E-state index is 0.105. The molecule has 6 nitrogen and oxygen atoms in total. The number of carbonyl (C=O) groups excluding carboxylic acids is 3. The Morgan fingerprint density at radius 3 is 0.944 bits per heavy atom. The van der Waals surface area contributed by atoms with Crippen molar-refractivity contribution >= 4 is 17.9 Å². The lowest BCUT2D eigenvalue weighted by Gasteiger charge is -2.18. The molecule has 72 heavy (non-hydrogen) atoms. The summed E-state index contributed by atoms with van der Waals surface area (Å²) >= 11 is 0. The molecule has 0 aromatic carbocycles. The van der Waals surface area contributed by atoms with Crippen LogP contribution in [0.1, 0.15) is 284 Å². The molecule has 0 radical (unpaired) electrons. The molecule has 0 aromatic rings. The normalized spacial score (nSPS) is 12.8. The third-order valence-corrected chi connectivity index (χ3v) is 12.8. The molecule has 0 amide bonds. The van der Waals surface area contributed by atoms with Gasteiger partial charge in [0, 0.05) is 19.3 Å². The van der Waals surface area contributed by atoms with Gasteiger partial charge in [0.2, 0.25) is 0 Å². The monoisotopic (exact) mass is 1000 g/mol. The van der Waals surface area contributed by atoms with Crippen LogP contribution in [0.15, 0.2) is 97.2 Å². The van der Waals surface area contributed by atoms with Gasteiger partial charge in [0.15, 0.2) is 6.10 Å². The maximum atomic E-state index is 12.9. The predicted molar refractivity (Wildman–Crippen MR) is 311 cm³/mol. The van der Waals surface area contributed by atoms with Crippen LogP contribution in [0.25, 0.3) is 0 Å². The summed E-state index contributed by atoms with van der Waals surface area (Å²) in [6.45, 7) is 6.43. The summed E-state index contributed by atoms with van der Waals surface area (Å²) in [5, 5.41) is 0. The van der Waals surface area contributed by atoms with Crippen LogP contribution in [-0.4, -0.2) is 37.2 Å². The molecule has 0 rings (SSSR count). The Balaban J connectivity index is 4.35. The number of rotatable bonds is 54. The first-order chi connectivity index (χ1) is 35.5. The van der Waals surface area contributed by atoms with Crippen molar-refractivity contribution in [2.24, 2.45) is 0 Å². The molecule has 0 aliphatic heterocycles. The van der Waals surface area contributed by atoms with Crippen LogP contribution >= 0.6 is 0 Å². The smallest absolute Gasteiger partial charge is 0.306 e. The zero-order valence-corrected chi connectivity index (χ0v) is 47.2. The summed E-state index contributed by atoms with van der Waals surface area (Å²) in [6, 6.07) is 0. The van der Waals surface area contributed by atoms with Gasteiger partial charge in [-0.1, -0.05) is 253 Å². The van der Waals surface area contributed by atoms with Crippen molar-refractivity contribution in [1.82, 2.24) is 0 Å². The average molecular weight is 1000 g/mol. The van der Waals surface area contributed by atoms with Gasteiger partial charge < -0.3 is 14.2 Å². The van der Waals surface area contributed by atoms with Gasteiger partial charge in [0.25, 0.3) is 0 Å². The van der Waals surface area contributed by atoms with E-state index in [2.05, 4.69) is 112 Å². The van der Waals surface area contributed by atoms with Crippen molar-refractivity contribution in [2.75, 3.05) is 13.2 Å². The first kappa shape index (κ1) is 68.3. The highest BCUT2D eigenvalue weighted by Crippen LogP contribution is 2.15. The van der Waals surface area contributed by atoms with E-state index in [1.54, 1.807) is 0 Å². The fourth-order valence-electron chi connectivity index (χ4n) is 8.28. The standard InChI is InChI=1S/C66H112O6/c1-4-7-10-13-16-19-22-25-27-29-30-31-32-33-34-35-36-37-39-41-44-47-50-53-56-59-65(68)71-62-63(61-70-64(67)58-55-52-49-46-43-40-24-21-18-15-12-9-6-3)72-66(69)60-57-54-51-48-45-42-38-28-26-23-20-17-14-11-8-5-2/h9,12,18,20-23,25,28-30,38,40,43,49,52,63H,4-8,10-11,13-17,19,24,26-27,31-37,39,41-42,44-48,50-51,53-62H2,1-3H3/b12-9-,21-18-,23-20-,25-22-,30-29-,38-28-,43-40-,52-49-. The summed E-state index contributed by atoms with van der Waals surface area (Å²) in [6.07, 6.45) is 80.0. The zero-order chi connectivity index (χ0) is 52.2. The second-order valence-corrected chi connectivity index (χ2v) is 19.9. The first-order valence-electron chi connectivity index (χ1n) is 30.2. The van der Waals surface area contributed by atoms with E-state index in [4.69, 9.17) is 14.2 Å². The lowest BCUT2D eigenvalue weighted by atomic mass is 10.0. The fraction of sp³-hybridized carbons (Fsp3) is 0.712. The number of hydrogen-bond acceptors (Lipinski definition) is 6. The van der Waals surface area contributed by atoms with Crippen LogP contribution < -0.4 is 0 Å². The van der Waals surface area contributed by atoms with Crippen molar-refractivity contribution in [3.63, 3.8) is 0 Å². The molecule has 1 unspecified atom stereocenters. The lowest BCUT2D eigenvalue weighted by Crippen LogP contribution is -2.30. The second-order valence-electron chi connectivity index (χ2n) is 19.9. The van der Waals surface area contributed by atoms with Crippen LogP contribution in [0.4, 0.5) is 0 Å². The maximum Gasteiger partial charge on any atom is 0.306 e. The Morgan fingerprint density at radius 2 is 0.569 bits per heavy atom. The van der Waals surface area contributed by atoms with E-state index in [1.165, 1.54) is 141 Å². The summed E-state index contributed by atoms with van der Waals surface area (Å²) < 4.78 is 16.8. The van der Waals surface area contributed by atoms with Gasteiger partial charge in [0.1, 0.15) is 13.2 Å². The highest BCUT2D eigenvalue weighted by molar-refractivity contribution is 5.71. The molecule has 0 aromatic heterocycles. The summed E-state index contributed by atoms with van der Waals surface area (Å²) in [4.78, 5) is 38.1. The van der Waals surface area contributed by atoms with E-state index in [0.717, 1.165) is 96.3 Å². The van der Waals surface area contributed by atoms with E-state index >= 15 is 0 Å². The van der Waals surface area contributed by atoms with Gasteiger partial charge >= 0.3 is 17.9 Å². The number of allylic oxidation sites excluding steroid dienone is 16. The second kappa shape index (κ2) is 59.9. The van der Waals surface area contributed by atoms with Crippen molar-refractivity contribution in [3.05, 3.63) is 97.2 Å². The number of unbranched alkanes of at least 4 members (excludes halogenated alkanes) is 27. The van der Waals surface area contributed by atoms with Crippen molar-refractivity contribution in [3.8, 4) is 0 Å². The number of ether oxygens (including phenoxy) is 3. The summed E-state index contributed by atoms with van der Waals surface area (Å²) in [5.41, 5.74) is 0. The Bertz CT molecular complexity index is 1430. The average Bonchev–Trinajstić information content (AvgIpc) is 3.38. The van der Waals surface area contributed by atoms with Crippen molar-refractivity contribution in [1.29, 1.82) is 0 Å². The van der Waals surface area contributed by atoms with Gasteiger partial charge in [-0.3, -0.25) is 14.4 Å². The molecular weight excluding hydrogens is 889 g/mol. The Hall–Kier alpha value is -3.67. The van der Waals surface area contributed by atoms with E-state index in [0.29, 0.717) is 19.3 Å². The van der Waals surface area contributed by atoms with Crippen LogP contribution in [0.5, 0.6) is 0 Å². The van der Waals surface area contributed by atoms with Gasteiger partial charge in [-0.2, -0.15) is 0 Å². The molecule has 0 aliphatic rings. The van der Waals surface area contributed by atoms with Crippen LogP contribution in [-0.2, 0) is 28.6 Å². The highest BCUT2D eigenvalue weighted by atomic mass is 16.6. The van der Waals surface area contributed by atoms with Crippen molar-refractivity contribution in [2.45, 2.75) is 290 Å². The molecule has 0 spiro atoms. The third-order valence-electron chi connectivity index (χ3n) is 12.8. The van der Waals surface area contributed by atoms with Crippen LogP contribution in [0, 0.1) is 0 Å². The van der Waals surface area contributed by atoms with Crippen molar-refractivity contribution < 1.29 is 28.6 Å². The van der Waals surface area contributed by atoms with Gasteiger partial charge in [-0.25, -0.2) is 0 Å². The Morgan fingerprint density at radius 1 is 0.292 bits per heavy atom. The van der Waals surface area contributed by atoms with E-state index < -0.39 is 6.10 Å². The molecule has 0 N–H and O–H groups in total. The molecule has 412 valence electrons. The van der Waals surface area contributed by atoms with Crippen LogP contribution in [0.3, 0.4) is 0 Å². The maximum absolute atomic E-state index is 12.9. The van der Waals surface area contributed by atoms with E-state index in [9.17, 15) is 14.4 Å². The fourth-order valence-corrected chi connectivity index (χ4v) is 8.28. The Kier molecular flexibility index (Phi) is 56.8. The quantitative estimate of drug-likeness (QED) is 0.0261. The molecule has 0 saturated carbocycles. The number of hydrogen-bond donors (Lipinski definition) is 0. The van der Waals surface area contributed by atoms with Gasteiger partial charge in [-0.15, -0.1) is 0 Å². The minimum atomic E-state index is -0.815. The van der Waals surface area contributed by atoms with Gasteiger partial charge in [-0.05, 0) is 109 Å². The molecule has 0 fully saturated rings. The minimum Gasteiger partial charge on any atom is -0.462 e. The van der Waals surface area contributed by atoms with Crippen LogP contribution in [0.2, 0.25) is 0 Å². The van der Waals surface area contributed by atoms with Gasteiger partial charge in [0.05, 0.1) is 0 Å². The number of esters is 3. The topological polar surface area (TPSA) is 78.9 Å². The molecule has 0 saturated heterocycles. The predicted octanol–water partition coefficient (Wildman–Crippen LogP) is 20.5. The largest absolute Gasteiger partial charge is 0.462 e. The highest BCUT2D eigenvalue weighted by Gasteiger charge is 2.19. The summed E-state index contributed by atoms with van der Waals surface area (Å²) in [7, 11) is 0.